The fraction of sp³-hybridized carbons (Fsp3) is 0.346. The first-order chi connectivity index (χ1) is 16.9. The van der Waals surface area contributed by atoms with Crippen molar-refractivity contribution in [2.45, 2.75) is 19.8 Å². The van der Waals surface area contributed by atoms with E-state index in [-0.39, 0.29) is 28.1 Å². The smallest absolute Gasteiger partial charge is 0.263 e. The van der Waals surface area contributed by atoms with Gasteiger partial charge in [-0.25, -0.2) is 4.39 Å². The second-order valence-electron chi connectivity index (χ2n) is 8.96. The Bertz CT molecular complexity index is 1450. The van der Waals surface area contributed by atoms with Crippen molar-refractivity contribution in [3.05, 3.63) is 52.6 Å². The van der Waals surface area contributed by atoms with Crippen LogP contribution in [0.15, 0.2) is 45.8 Å². The molecule has 0 spiro atoms. The maximum absolute atomic E-state index is 15.2. The number of benzene rings is 2. The highest BCUT2D eigenvalue weighted by molar-refractivity contribution is 5.86. The molecule has 5 rings (SSSR count). The van der Waals surface area contributed by atoms with Gasteiger partial charge in [-0.3, -0.25) is 4.79 Å². The molecule has 35 heavy (non-hydrogen) atoms. The summed E-state index contributed by atoms with van der Waals surface area (Å²) in [6, 6.07) is 8.30. The van der Waals surface area contributed by atoms with Crippen molar-refractivity contribution < 1.29 is 18.4 Å². The Morgan fingerprint density at radius 1 is 1.09 bits per heavy atom. The fourth-order valence-electron chi connectivity index (χ4n) is 4.56. The van der Waals surface area contributed by atoms with Gasteiger partial charge in [0.2, 0.25) is 11.3 Å². The summed E-state index contributed by atoms with van der Waals surface area (Å²) in [4.78, 5) is 19.8. The van der Waals surface area contributed by atoms with Gasteiger partial charge in [0, 0.05) is 37.8 Å². The lowest BCUT2D eigenvalue weighted by molar-refractivity contribution is 0.394. The number of hydrogen-bond acceptors (Lipinski definition) is 7. The summed E-state index contributed by atoms with van der Waals surface area (Å²) in [5, 5.41) is 4.30. The zero-order valence-electron chi connectivity index (χ0n) is 20.2. The van der Waals surface area contributed by atoms with E-state index in [0.717, 1.165) is 25.9 Å². The van der Waals surface area contributed by atoms with Crippen molar-refractivity contribution >= 4 is 16.6 Å². The fourth-order valence-corrected chi connectivity index (χ4v) is 4.56. The maximum Gasteiger partial charge on any atom is 0.263 e. The van der Waals surface area contributed by atoms with E-state index in [1.165, 1.54) is 13.2 Å². The minimum Gasteiger partial charge on any atom is -0.497 e. The van der Waals surface area contributed by atoms with Gasteiger partial charge in [-0.15, -0.1) is 0 Å². The van der Waals surface area contributed by atoms with Crippen LogP contribution in [0, 0.1) is 11.7 Å². The number of ether oxygens (including phenoxy) is 2. The summed E-state index contributed by atoms with van der Waals surface area (Å²) in [5.41, 5.74) is 1.59. The van der Waals surface area contributed by atoms with Gasteiger partial charge in [-0.05, 0) is 43.0 Å². The molecule has 3 heterocycles. The Morgan fingerprint density at radius 3 is 2.57 bits per heavy atom. The number of hydrogen-bond donors (Lipinski definition) is 0. The molecule has 0 radical (unpaired) electrons. The van der Waals surface area contributed by atoms with E-state index in [4.69, 9.17) is 14.0 Å². The molecule has 182 valence electrons. The predicted octanol–water partition coefficient (Wildman–Crippen LogP) is 4.65. The van der Waals surface area contributed by atoms with Crippen LogP contribution in [-0.2, 0) is 7.05 Å². The number of aryl methyl sites for hydroxylation is 1. The summed E-state index contributed by atoms with van der Waals surface area (Å²) < 4.78 is 33.0. The Morgan fingerprint density at radius 2 is 1.86 bits per heavy atom. The second kappa shape index (κ2) is 9.05. The summed E-state index contributed by atoms with van der Waals surface area (Å²) in [5.74, 6) is 1.68. The molecule has 0 unspecified atom stereocenters. The van der Waals surface area contributed by atoms with Crippen LogP contribution in [0.25, 0.3) is 33.7 Å². The van der Waals surface area contributed by atoms with Gasteiger partial charge in [0.15, 0.2) is 0 Å². The van der Waals surface area contributed by atoms with Crippen LogP contribution in [0.5, 0.6) is 11.5 Å². The number of halogens is 1. The molecule has 0 atom stereocenters. The number of anilines is 1. The molecule has 4 aromatic rings. The molecule has 0 amide bonds. The van der Waals surface area contributed by atoms with Gasteiger partial charge in [-0.2, -0.15) is 4.98 Å². The van der Waals surface area contributed by atoms with Gasteiger partial charge >= 0.3 is 0 Å². The quantitative estimate of drug-likeness (QED) is 0.413. The highest BCUT2D eigenvalue weighted by Gasteiger charge is 2.23. The number of fused-ring (bicyclic) bond motifs is 1. The van der Waals surface area contributed by atoms with Crippen LogP contribution in [0.2, 0.25) is 0 Å². The van der Waals surface area contributed by atoms with Crippen molar-refractivity contribution in [2.75, 3.05) is 32.2 Å². The zero-order valence-corrected chi connectivity index (χ0v) is 20.2. The van der Waals surface area contributed by atoms with E-state index in [1.54, 1.807) is 42.1 Å². The van der Waals surface area contributed by atoms with E-state index in [9.17, 15) is 4.79 Å². The molecule has 0 aliphatic carbocycles. The van der Waals surface area contributed by atoms with Crippen LogP contribution < -0.4 is 19.8 Å². The van der Waals surface area contributed by atoms with Crippen molar-refractivity contribution in [3.8, 4) is 34.3 Å². The number of piperidine rings is 1. The Kier molecular flexibility index (Phi) is 5.92. The maximum atomic E-state index is 15.2. The molecular weight excluding hydrogens is 451 g/mol. The third-order valence-corrected chi connectivity index (χ3v) is 6.69. The molecular formula is C26H27FN4O4. The number of aromatic nitrogens is 3. The minimum atomic E-state index is -0.407. The second-order valence-corrected chi connectivity index (χ2v) is 8.96. The number of nitrogens with zero attached hydrogens (tertiary/aromatic N) is 4. The number of pyridine rings is 1. The number of methoxy groups -OCH3 is 2. The van der Waals surface area contributed by atoms with Crippen LogP contribution in [0.4, 0.5) is 10.1 Å². The molecule has 0 N–H and O–H groups in total. The highest BCUT2D eigenvalue weighted by Crippen LogP contribution is 2.33. The Balaban J connectivity index is 1.55. The molecule has 8 nitrogen and oxygen atoms in total. The first-order valence-electron chi connectivity index (χ1n) is 11.5. The largest absolute Gasteiger partial charge is 0.497 e. The predicted molar refractivity (Wildman–Crippen MR) is 132 cm³/mol. The van der Waals surface area contributed by atoms with Crippen LogP contribution in [-0.4, -0.2) is 42.0 Å². The van der Waals surface area contributed by atoms with Gasteiger partial charge in [0.25, 0.3) is 5.89 Å². The van der Waals surface area contributed by atoms with Gasteiger partial charge in [0.05, 0.1) is 31.0 Å². The molecule has 1 aliphatic heterocycles. The Labute approximate surface area is 201 Å². The van der Waals surface area contributed by atoms with Crippen molar-refractivity contribution in [3.63, 3.8) is 0 Å². The molecule has 2 aromatic carbocycles. The highest BCUT2D eigenvalue weighted by atomic mass is 19.1. The molecule has 1 aliphatic rings. The third-order valence-electron chi connectivity index (χ3n) is 6.69. The van der Waals surface area contributed by atoms with E-state index in [1.807, 2.05) is 7.05 Å². The van der Waals surface area contributed by atoms with Crippen LogP contribution in [0.1, 0.15) is 19.8 Å². The SMILES string of the molecule is COc1ccc(-c2noc(-c3cn(C)c4cc(N5CCC(C)CC5)c(F)cc4c3=O)n2)c(OC)c1. The minimum absolute atomic E-state index is 0.0508. The summed E-state index contributed by atoms with van der Waals surface area (Å²) in [7, 11) is 4.91. The summed E-state index contributed by atoms with van der Waals surface area (Å²) >= 11 is 0. The molecule has 9 heteroatoms. The lowest BCUT2D eigenvalue weighted by Gasteiger charge is -2.32. The average Bonchev–Trinajstić information content (AvgIpc) is 3.36. The van der Waals surface area contributed by atoms with Crippen molar-refractivity contribution in [1.82, 2.24) is 14.7 Å². The molecule has 0 bridgehead atoms. The molecule has 1 fully saturated rings. The molecule has 2 aromatic heterocycles. The lowest BCUT2D eigenvalue weighted by Crippen LogP contribution is -2.33. The summed E-state index contributed by atoms with van der Waals surface area (Å²) in [6.07, 6.45) is 3.69. The van der Waals surface area contributed by atoms with Crippen LogP contribution >= 0.6 is 0 Å². The Hall–Kier alpha value is -3.88. The summed E-state index contributed by atoms with van der Waals surface area (Å²) in [6.45, 7) is 3.82. The van der Waals surface area contributed by atoms with Crippen molar-refractivity contribution in [2.24, 2.45) is 13.0 Å². The standard InChI is InChI=1S/C26H27FN4O4/c1-15-7-9-31(10-8-15)22-13-21-18(12-20(22)27)24(32)19(14-30(21)2)26-28-25(29-35-26)17-6-5-16(33-3)11-23(17)34-4/h5-6,11-15H,7-10H2,1-4H3. The average molecular weight is 479 g/mol. The van der Waals surface area contributed by atoms with E-state index in [2.05, 4.69) is 22.0 Å². The normalized spacial score (nSPS) is 14.5. The third kappa shape index (κ3) is 4.11. The zero-order chi connectivity index (χ0) is 24.7. The van der Waals surface area contributed by atoms with Gasteiger partial charge < -0.3 is 23.5 Å². The van der Waals surface area contributed by atoms with E-state index in [0.29, 0.717) is 34.2 Å². The molecule has 1 saturated heterocycles. The molecule has 0 saturated carbocycles. The lowest BCUT2D eigenvalue weighted by atomic mass is 9.98. The first kappa shape index (κ1) is 22.9. The van der Waals surface area contributed by atoms with E-state index >= 15 is 4.39 Å². The topological polar surface area (TPSA) is 82.6 Å². The van der Waals surface area contributed by atoms with E-state index < -0.39 is 5.82 Å². The van der Waals surface area contributed by atoms with Gasteiger partial charge in [0.1, 0.15) is 22.9 Å². The van der Waals surface area contributed by atoms with Gasteiger partial charge in [-0.1, -0.05) is 12.1 Å². The number of rotatable bonds is 5. The monoisotopic (exact) mass is 478 g/mol. The first-order valence-corrected chi connectivity index (χ1v) is 11.5. The van der Waals surface area contributed by atoms with Crippen molar-refractivity contribution in [1.29, 1.82) is 0 Å². The van der Waals surface area contributed by atoms with Crippen LogP contribution in [0.3, 0.4) is 0 Å².